The molecule has 0 atom stereocenters. The fraction of sp³-hybridized carbons (Fsp3) is 0.364. The molecule has 1 aliphatic rings. The minimum absolute atomic E-state index is 0.00954. The molecule has 0 bridgehead atoms. The van der Waals surface area contributed by atoms with Crippen LogP contribution >= 0.6 is 0 Å². The molecule has 0 spiro atoms. The van der Waals surface area contributed by atoms with Crippen LogP contribution in [0.1, 0.15) is 17.3 Å². The fourth-order valence-corrected chi connectivity index (χ4v) is 1.79. The van der Waals surface area contributed by atoms with Gasteiger partial charge in [0.1, 0.15) is 5.82 Å². The molecule has 0 aliphatic carbocycles. The third kappa shape index (κ3) is 1.86. The Morgan fingerprint density at radius 2 is 2.19 bits per heavy atom. The monoisotopic (exact) mass is 224 g/mol. The van der Waals surface area contributed by atoms with Crippen molar-refractivity contribution in [3.63, 3.8) is 0 Å². The number of likely N-dealkylation sites (tertiary alicyclic amines) is 1. The van der Waals surface area contributed by atoms with Gasteiger partial charge in [0.2, 0.25) is 0 Å². The van der Waals surface area contributed by atoms with Gasteiger partial charge in [-0.05, 0) is 25.1 Å². The van der Waals surface area contributed by atoms with E-state index in [-0.39, 0.29) is 24.3 Å². The van der Waals surface area contributed by atoms with Gasteiger partial charge in [-0.15, -0.1) is 0 Å². The molecule has 1 heterocycles. The Balaban J connectivity index is 2.16. The maximum Gasteiger partial charge on any atom is 0.257 e. The highest BCUT2D eigenvalue weighted by Gasteiger charge is 2.40. The number of hydrogen-bond donors (Lipinski definition) is 2. The molecule has 2 rings (SSSR count). The molecule has 3 N–H and O–H groups in total. The summed E-state index contributed by atoms with van der Waals surface area (Å²) in [6.07, 6.45) is 0. The molecule has 1 aliphatic heterocycles. The molecule has 4 nitrogen and oxygen atoms in total. The van der Waals surface area contributed by atoms with Gasteiger partial charge in [0.05, 0.1) is 24.3 Å². The van der Waals surface area contributed by atoms with E-state index in [1.165, 1.54) is 17.0 Å². The summed E-state index contributed by atoms with van der Waals surface area (Å²) >= 11 is 0. The highest BCUT2D eigenvalue weighted by atomic mass is 19.1. The fourth-order valence-electron chi connectivity index (χ4n) is 1.79. The van der Waals surface area contributed by atoms with Crippen molar-refractivity contribution in [2.45, 2.75) is 12.5 Å². The van der Waals surface area contributed by atoms with Crippen LogP contribution in [0.15, 0.2) is 18.2 Å². The average Bonchev–Trinajstić information content (AvgIpc) is 2.13. The first-order valence-corrected chi connectivity index (χ1v) is 4.96. The first-order chi connectivity index (χ1) is 7.39. The predicted molar refractivity (Wildman–Crippen MR) is 57.3 cm³/mol. The predicted octanol–water partition coefficient (Wildman–Crippen LogP) is 0.615. The third-order valence-electron chi connectivity index (χ3n) is 2.57. The second kappa shape index (κ2) is 3.45. The smallest absolute Gasteiger partial charge is 0.257 e. The van der Waals surface area contributed by atoms with Gasteiger partial charge in [0.25, 0.3) is 5.91 Å². The highest BCUT2D eigenvalue weighted by Crippen LogP contribution is 2.23. The minimum atomic E-state index is -0.847. The summed E-state index contributed by atoms with van der Waals surface area (Å²) in [5.41, 5.74) is 4.81. The Morgan fingerprint density at radius 1 is 1.56 bits per heavy atom. The Bertz CT molecular complexity index is 438. The van der Waals surface area contributed by atoms with E-state index in [1.807, 2.05) is 0 Å². The summed E-state index contributed by atoms with van der Waals surface area (Å²) < 4.78 is 13.4. The number of rotatable bonds is 1. The summed E-state index contributed by atoms with van der Waals surface area (Å²) in [5, 5.41) is 9.49. The van der Waals surface area contributed by atoms with Crippen LogP contribution in [0.2, 0.25) is 0 Å². The van der Waals surface area contributed by atoms with Gasteiger partial charge in [-0.2, -0.15) is 0 Å². The molecule has 1 saturated heterocycles. The molecule has 16 heavy (non-hydrogen) atoms. The molecule has 0 aromatic heterocycles. The molecule has 5 heteroatoms. The first kappa shape index (κ1) is 10.9. The van der Waals surface area contributed by atoms with E-state index in [2.05, 4.69) is 0 Å². The Morgan fingerprint density at radius 3 is 2.69 bits per heavy atom. The van der Waals surface area contributed by atoms with Crippen molar-refractivity contribution >= 4 is 11.6 Å². The van der Waals surface area contributed by atoms with Crippen molar-refractivity contribution in [3.8, 4) is 0 Å². The number of nitrogens with zero attached hydrogens (tertiary/aromatic N) is 1. The average molecular weight is 224 g/mol. The quantitative estimate of drug-likeness (QED) is 0.687. The van der Waals surface area contributed by atoms with Crippen LogP contribution in [0.5, 0.6) is 0 Å². The van der Waals surface area contributed by atoms with Gasteiger partial charge in [-0.3, -0.25) is 4.79 Å². The number of nitrogens with two attached hydrogens (primary N) is 1. The van der Waals surface area contributed by atoms with Gasteiger partial charge < -0.3 is 15.7 Å². The zero-order valence-corrected chi connectivity index (χ0v) is 8.90. The van der Waals surface area contributed by atoms with Crippen molar-refractivity contribution in [1.82, 2.24) is 4.90 Å². The largest absolute Gasteiger partial charge is 0.399 e. The number of benzene rings is 1. The van der Waals surface area contributed by atoms with Gasteiger partial charge in [0.15, 0.2) is 0 Å². The number of carbonyl (C=O) groups is 1. The Hall–Kier alpha value is -1.62. The third-order valence-corrected chi connectivity index (χ3v) is 2.57. The summed E-state index contributed by atoms with van der Waals surface area (Å²) in [7, 11) is 0. The number of carbonyl (C=O) groups excluding carboxylic acids is 1. The standard InChI is InChI=1S/C11H13FN2O2/c1-11(16)5-14(6-11)10(15)8-3-2-7(13)4-9(8)12/h2-4,16H,5-6,13H2,1H3. The normalized spacial score (nSPS) is 18.1. The lowest BCUT2D eigenvalue weighted by Gasteiger charge is -2.44. The van der Waals surface area contributed by atoms with Crippen LogP contribution in [0.4, 0.5) is 10.1 Å². The van der Waals surface area contributed by atoms with E-state index in [9.17, 15) is 14.3 Å². The first-order valence-electron chi connectivity index (χ1n) is 4.96. The van der Waals surface area contributed by atoms with E-state index in [4.69, 9.17) is 5.73 Å². The van der Waals surface area contributed by atoms with Crippen LogP contribution in [-0.4, -0.2) is 34.6 Å². The SMILES string of the molecule is CC1(O)CN(C(=O)c2ccc(N)cc2F)C1. The minimum Gasteiger partial charge on any atom is -0.399 e. The van der Waals surface area contributed by atoms with E-state index in [0.717, 1.165) is 6.07 Å². The molecular formula is C11H13FN2O2. The molecule has 1 fully saturated rings. The molecule has 1 aromatic carbocycles. The van der Waals surface area contributed by atoms with Crippen LogP contribution in [0.3, 0.4) is 0 Å². The molecule has 86 valence electrons. The molecular weight excluding hydrogens is 211 g/mol. The van der Waals surface area contributed by atoms with Crippen molar-refractivity contribution in [2.24, 2.45) is 0 Å². The zero-order valence-electron chi connectivity index (χ0n) is 8.90. The van der Waals surface area contributed by atoms with Crippen molar-refractivity contribution < 1.29 is 14.3 Å². The molecule has 1 amide bonds. The van der Waals surface area contributed by atoms with Crippen molar-refractivity contribution in [1.29, 1.82) is 0 Å². The van der Waals surface area contributed by atoms with Crippen LogP contribution in [0, 0.1) is 5.82 Å². The van der Waals surface area contributed by atoms with Crippen molar-refractivity contribution in [2.75, 3.05) is 18.8 Å². The Kier molecular flexibility index (Phi) is 2.35. The number of nitrogen functional groups attached to an aromatic ring is 1. The summed E-state index contributed by atoms with van der Waals surface area (Å²) in [6.45, 7) is 2.10. The summed E-state index contributed by atoms with van der Waals surface area (Å²) in [5.74, 6) is -1.04. The maximum absolute atomic E-state index is 13.4. The van der Waals surface area contributed by atoms with Crippen molar-refractivity contribution in [3.05, 3.63) is 29.6 Å². The number of hydrogen-bond acceptors (Lipinski definition) is 3. The Labute approximate surface area is 92.5 Å². The lowest BCUT2D eigenvalue weighted by atomic mass is 9.96. The number of amides is 1. The van der Waals surface area contributed by atoms with Gasteiger partial charge >= 0.3 is 0 Å². The molecule has 0 radical (unpaired) electrons. The number of anilines is 1. The molecule has 1 aromatic rings. The van der Waals surface area contributed by atoms with E-state index in [1.54, 1.807) is 6.92 Å². The molecule has 0 saturated carbocycles. The maximum atomic E-state index is 13.4. The van der Waals surface area contributed by atoms with Gasteiger partial charge in [-0.1, -0.05) is 0 Å². The number of aliphatic hydroxyl groups is 1. The second-order valence-electron chi connectivity index (χ2n) is 4.40. The van der Waals surface area contributed by atoms with Gasteiger partial charge in [0, 0.05) is 5.69 Å². The lowest BCUT2D eigenvalue weighted by Crippen LogP contribution is -2.61. The van der Waals surface area contributed by atoms with Gasteiger partial charge in [-0.25, -0.2) is 4.39 Å². The molecule has 0 unspecified atom stereocenters. The summed E-state index contributed by atoms with van der Waals surface area (Å²) in [4.78, 5) is 13.2. The number of β-amino-alcohol motifs (C(OH)–C–C–N with tert-alkyl or cyclic N) is 1. The van der Waals surface area contributed by atoms with E-state index < -0.39 is 17.3 Å². The zero-order chi connectivity index (χ0) is 11.9. The summed E-state index contributed by atoms with van der Waals surface area (Å²) in [6, 6.07) is 3.96. The lowest BCUT2D eigenvalue weighted by molar-refractivity contribution is -0.0670. The van der Waals surface area contributed by atoms with E-state index >= 15 is 0 Å². The second-order valence-corrected chi connectivity index (χ2v) is 4.40. The van der Waals surface area contributed by atoms with Crippen LogP contribution in [-0.2, 0) is 0 Å². The van der Waals surface area contributed by atoms with E-state index in [0.29, 0.717) is 0 Å². The topological polar surface area (TPSA) is 66.6 Å². The highest BCUT2D eigenvalue weighted by molar-refractivity contribution is 5.95. The van der Waals surface area contributed by atoms with Crippen LogP contribution in [0.25, 0.3) is 0 Å². The van der Waals surface area contributed by atoms with Crippen LogP contribution < -0.4 is 5.73 Å². The number of halogens is 1.